The minimum Gasteiger partial charge on any atom is -0.268 e. The zero-order valence-corrected chi connectivity index (χ0v) is 9.30. The van der Waals surface area contributed by atoms with Gasteiger partial charge in [0.1, 0.15) is 0 Å². The molecular weight excluding hydrogens is 179 g/mol. The fourth-order valence-electron chi connectivity index (χ4n) is 1.88. The molecule has 1 fully saturated rings. The molecule has 3 heteroatoms. The van der Waals surface area contributed by atoms with E-state index < -0.39 is 0 Å². The Morgan fingerprint density at radius 1 is 1.15 bits per heavy atom. The van der Waals surface area contributed by atoms with Crippen molar-refractivity contribution in [3.63, 3.8) is 0 Å². The predicted molar refractivity (Wildman–Crippen MR) is 58.6 cm³/mol. The highest BCUT2D eigenvalue weighted by atomic mass is 31.1. The number of rotatable bonds is 1. The molecule has 0 unspecified atom stereocenters. The number of allylic oxidation sites excluding steroid dienone is 4. The second-order valence-corrected chi connectivity index (χ2v) is 6.12. The van der Waals surface area contributed by atoms with Crippen molar-refractivity contribution in [3.05, 3.63) is 23.5 Å². The molecule has 72 valence electrons. The normalized spacial score (nSPS) is 26.8. The molecule has 13 heavy (non-hydrogen) atoms. The van der Waals surface area contributed by atoms with Crippen molar-refractivity contribution in [3.8, 4) is 0 Å². The maximum absolute atomic E-state index is 2.48. The predicted octanol–water partition coefficient (Wildman–Crippen LogP) is 2.41. The summed E-state index contributed by atoms with van der Waals surface area (Å²) in [5.41, 5.74) is 0. The third kappa shape index (κ3) is 1.85. The topological polar surface area (TPSA) is 6.48 Å². The minimum absolute atomic E-state index is 0.145. The Bertz CT molecular complexity index is 237. The largest absolute Gasteiger partial charge is 0.268 e. The van der Waals surface area contributed by atoms with Crippen LogP contribution in [-0.4, -0.2) is 36.5 Å². The van der Waals surface area contributed by atoms with Gasteiger partial charge >= 0.3 is 0 Å². The lowest BCUT2D eigenvalue weighted by Crippen LogP contribution is -2.09. The van der Waals surface area contributed by atoms with E-state index in [9.17, 15) is 0 Å². The molecule has 0 saturated carbocycles. The summed E-state index contributed by atoms with van der Waals surface area (Å²) in [6, 6.07) is 0. The van der Waals surface area contributed by atoms with Crippen LogP contribution in [0.15, 0.2) is 23.5 Å². The van der Waals surface area contributed by atoms with Gasteiger partial charge in [-0.3, -0.25) is 9.34 Å². The first-order chi connectivity index (χ1) is 6.29. The van der Waals surface area contributed by atoms with Crippen molar-refractivity contribution >= 4 is 8.22 Å². The highest BCUT2D eigenvalue weighted by Gasteiger charge is 2.28. The minimum atomic E-state index is -0.145. The van der Waals surface area contributed by atoms with E-state index in [1.807, 2.05) is 0 Å². The summed E-state index contributed by atoms with van der Waals surface area (Å²) in [4.78, 5) is 0. The van der Waals surface area contributed by atoms with Gasteiger partial charge in [-0.2, -0.15) is 0 Å². The molecule has 0 N–H and O–H groups in total. The SMILES string of the molecule is CN1CCN(C)P1C1=CCCC=C1. The molecule has 1 aliphatic heterocycles. The number of hydrogen-bond acceptors (Lipinski definition) is 2. The summed E-state index contributed by atoms with van der Waals surface area (Å²) in [6.45, 7) is 2.43. The monoisotopic (exact) mass is 196 g/mol. The Morgan fingerprint density at radius 2 is 1.85 bits per heavy atom. The van der Waals surface area contributed by atoms with Crippen molar-refractivity contribution in [2.75, 3.05) is 27.2 Å². The summed E-state index contributed by atoms with van der Waals surface area (Å²) >= 11 is 0. The smallest absolute Gasteiger partial charge is 0.0716 e. The van der Waals surface area contributed by atoms with Crippen LogP contribution in [-0.2, 0) is 0 Å². The van der Waals surface area contributed by atoms with Crippen molar-refractivity contribution in [1.29, 1.82) is 0 Å². The fourth-order valence-corrected chi connectivity index (χ4v) is 4.28. The van der Waals surface area contributed by atoms with Crippen molar-refractivity contribution < 1.29 is 0 Å². The first-order valence-corrected chi connectivity index (χ1v) is 6.12. The van der Waals surface area contributed by atoms with Crippen molar-refractivity contribution in [2.24, 2.45) is 0 Å². The molecule has 2 rings (SSSR count). The highest BCUT2D eigenvalue weighted by molar-refractivity contribution is 7.57. The zero-order chi connectivity index (χ0) is 9.26. The average molecular weight is 196 g/mol. The molecule has 0 aromatic heterocycles. The van der Waals surface area contributed by atoms with Crippen LogP contribution in [0.2, 0.25) is 0 Å². The van der Waals surface area contributed by atoms with Gasteiger partial charge in [-0.15, -0.1) is 0 Å². The quantitative estimate of drug-likeness (QED) is 0.594. The van der Waals surface area contributed by atoms with E-state index in [0.29, 0.717) is 0 Å². The van der Waals surface area contributed by atoms with Crippen LogP contribution >= 0.6 is 8.22 Å². The lowest BCUT2D eigenvalue weighted by atomic mass is 10.2. The van der Waals surface area contributed by atoms with Gasteiger partial charge in [-0.25, -0.2) is 0 Å². The van der Waals surface area contributed by atoms with Crippen LogP contribution in [0.1, 0.15) is 12.8 Å². The fraction of sp³-hybridized carbons (Fsp3) is 0.600. The van der Waals surface area contributed by atoms with Gasteiger partial charge in [0.2, 0.25) is 0 Å². The van der Waals surface area contributed by atoms with Gasteiger partial charge in [-0.05, 0) is 26.9 Å². The Hall–Kier alpha value is -0.170. The van der Waals surface area contributed by atoms with E-state index in [1.54, 1.807) is 5.31 Å². The van der Waals surface area contributed by atoms with E-state index in [-0.39, 0.29) is 8.22 Å². The molecule has 0 radical (unpaired) electrons. The molecule has 1 heterocycles. The van der Waals surface area contributed by atoms with E-state index >= 15 is 0 Å². The lowest BCUT2D eigenvalue weighted by molar-refractivity contribution is 0.553. The third-order valence-corrected chi connectivity index (χ3v) is 5.09. The van der Waals surface area contributed by atoms with Gasteiger partial charge in [-0.1, -0.05) is 18.2 Å². The van der Waals surface area contributed by atoms with Gasteiger partial charge in [0.05, 0.1) is 8.22 Å². The molecule has 0 atom stereocenters. The van der Waals surface area contributed by atoms with Crippen molar-refractivity contribution in [2.45, 2.75) is 12.8 Å². The molecule has 0 aromatic carbocycles. The first kappa shape index (κ1) is 9.39. The van der Waals surface area contributed by atoms with E-state index in [4.69, 9.17) is 0 Å². The molecule has 1 aliphatic carbocycles. The van der Waals surface area contributed by atoms with Crippen molar-refractivity contribution in [1.82, 2.24) is 9.34 Å². The summed E-state index contributed by atoms with van der Waals surface area (Å²) in [5.74, 6) is 0. The number of nitrogens with zero attached hydrogens (tertiary/aromatic N) is 2. The maximum Gasteiger partial charge on any atom is 0.0716 e. The molecule has 1 saturated heterocycles. The van der Waals surface area contributed by atoms with Crippen LogP contribution in [0.25, 0.3) is 0 Å². The number of likely N-dealkylation sites (N-methyl/N-ethyl adjacent to an activating group) is 2. The van der Waals surface area contributed by atoms with Crippen LogP contribution in [0.5, 0.6) is 0 Å². The lowest BCUT2D eigenvalue weighted by Gasteiger charge is -2.26. The molecule has 2 aliphatic rings. The molecule has 0 spiro atoms. The average Bonchev–Trinajstić information content (AvgIpc) is 2.48. The summed E-state index contributed by atoms with van der Waals surface area (Å²) in [5, 5.41) is 1.55. The van der Waals surface area contributed by atoms with Gasteiger partial charge in [0, 0.05) is 18.4 Å². The van der Waals surface area contributed by atoms with E-state index in [2.05, 4.69) is 41.7 Å². The first-order valence-electron chi connectivity index (χ1n) is 4.88. The molecule has 0 aromatic rings. The maximum atomic E-state index is 2.48. The molecule has 2 nitrogen and oxygen atoms in total. The number of hydrogen-bond donors (Lipinski definition) is 0. The Balaban J connectivity index is 2.14. The Labute approximate surface area is 81.8 Å². The molecule has 0 amide bonds. The Morgan fingerprint density at radius 3 is 2.38 bits per heavy atom. The summed E-state index contributed by atoms with van der Waals surface area (Å²) in [6.07, 6.45) is 9.47. The van der Waals surface area contributed by atoms with Crippen LogP contribution in [0, 0.1) is 0 Å². The second-order valence-electron chi connectivity index (χ2n) is 3.66. The highest BCUT2D eigenvalue weighted by Crippen LogP contribution is 2.54. The standard InChI is InChI=1S/C10H17N2P/c1-11-8-9-12(2)13(11)10-6-4-3-5-7-10/h4,6-7H,3,5,8-9H2,1-2H3. The third-order valence-electron chi connectivity index (χ3n) is 2.60. The molecular formula is C10H17N2P. The zero-order valence-electron chi connectivity index (χ0n) is 8.40. The molecule has 0 bridgehead atoms. The van der Waals surface area contributed by atoms with E-state index in [1.165, 1.54) is 25.9 Å². The van der Waals surface area contributed by atoms with E-state index in [0.717, 1.165) is 0 Å². The summed E-state index contributed by atoms with van der Waals surface area (Å²) < 4.78 is 4.97. The van der Waals surface area contributed by atoms with Crippen LogP contribution < -0.4 is 0 Å². The summed E-state index contributed by atoms with van der Waals surface area (Å²) in [7, 11) is 4.32. The van der Waals surface area contributed by atoms with Gasteiger partial charge < -0.3 is 0 Å². The second kappa shape index (κ2) is 3.91. The van der Waals surface area contributed by atoms with Gasteiger partial charge in [0.25, 0.3) is 0 Å². The van der Waals surface area contributed by atoms with Crippen LogP contribution in [0.4, 0.5) is 0 Å². The van der Waals surface area contributed by atoms with Gasteiger partial charge in [0.15, 0.2) is 0 Å². The van der Waals surface area contributed by atoms with Crippen LogP contribution in [0.3, 0.4) is 0 Å². The Kier molecular flexibility index (Phi) is 2.83.